The quantitative estimate of drug-likeness (QED) is 0.349. The molecule has 0 saturated heterocycles. The summed E-state index contributed by atoms with van der Waals surface area (Å²) in [7, 11) is 0. The molecule has 0 atom stereocenters. The summed E-state index contributed by atoms with van der Waals surface area (Å²) in [4.78, 5) is 11.9. The van der Waals surface area contributed by atoms with Gasteiger partial charge < -0.3 is 9.47 Å². The maximum absolute atomic E-state index is 11.9. The van der Waals surface area contributed by atoms with E-state index >= 15 is 0 Å². The first kappa shape index (κ1) is 19.0. The van der Waals surface area contributed by atoms with Gasteiger partial charge >= 0.3 is 5.97 Å². The molecule has 0 radical (unpaired) electrons. The Balaban J connectivity index is 1.56. The minimum absolute atomic E-state index is 0.149. The highest BCUT2D eigenvalue weighted by Crippen LogP contribution is 2.24. The third kappa shape index (κ3) is 5.88. The molecule has 0 N–H and O–H groups in total. The van der Waals surface area contributed by atoms with E-state index in [9.17, 15) is 4.79 Å². The Labute approximate surface area is 167 Å². The highest BCUT2D eigenvalue weighted by Gasteiger charge is 2.03. The molecule has 27 heavy (non-hydrogen) atoms. The average Bonchev–Trinajstić information content (AvgIpc) is 2.68. The Morgan fingerprint density at radius 1 is 0.852 bits per heavy atom. The number of halogens is 2. The van der Waals surface area contributed by atoms with Gasteiger partial charge in [0.25, 0.3) is 0 Å². The molecule has 3 nitrogen and oxygen atoms in total. The van der Waals surface area contributed by atoms with Gasteiger partial charge in [0.05, 0.1) is 10.0 Å². The van der Waals surface area contributed by atoms with Crippen LogP contribution in [0, 0.1) is 0 Å². The Morgan fingerprint density at radius 2 is 1.63 bits per heavy atom. The van der Waals surface area contributed by atoms with E-state index in [1.165, 1.54) is 6.08 Å². The summed E-state index contributed by atoms with van der Waals surface area (Å²) >= 11 is 11.8. The lowest BCUT2D eigenvalue weighted by molar-refractivity contribution is -0.138. The maximum Gasteiger partial charge on any atom is 0.331 e. The van der Waals surface area contributed by atoms with E-state index in [1.807, 2.05) is 54.6 Å². The van der Waals surface area contributed by atoms with Gasteiger partial charge in [-0.3, -0.25) is 0 Å². The third-order valence-electron chi connectivity index (χ3n) is 3.61. The predicted octanol–water partition coefficient (Wildman–Crippen LogP) is 6.54. The van der Waals surface area contributed by atoms with Crippen molar-refractivity contribution in [2.75, 3.05) is 0 Å². The van der Waals surface area contributed by atoms with Crippen LogP contribution < -0.4 is 4.74 Å². The fourth-order valence-corrected chi connectivity index (χ4v) is 2.61. The molecular formula is C22H16Cl2O3. The lowest BCUT2D eigenvalue weighted by atomic mass is 10.2. The van der Waals surface area contributed by atoms with E-state index in [0.29, 0.717) is 15.8 Å². The molecule has 0 bridgehead atoms. The van der Waals surface area contributed by atoms with Crippen LogP contribution in [0.5, 0.6) is 11.5 Å². The SMILES string of the molecule is O=C(C=Cc1ccc(Cl)c(Cl)c1)OCc1cccc(Oc2ccccc2)c1. The summed E-state index contributed by atoms with van der Waals surface area (Å²) in [5.74, 6) is 0.979. The third-order valence-corrected chi connectivity index (χ3v) is 4.35. The number of carbonyl (C=O) groups excluding carboxylic acids is 1. The molecule has 0 aliphatic heterocycles. The summed E-state index contributed by atoms with van der Waals surface area (Å²) in [5, 5.41) is 0.899. The second-order valence-corrected chi connectivity index (χ2v) is 6.49. The fraction of sp³-hybridized carbons (Fsp3) is 0.0455. The normalized spacial score (nSPS) is 10.7. The van der Waals surface area contributed by atoms with Gasteiger partial charge in [0.1, 0.15) is 18.1 Å². The Morgan fingerprint density at radius 3 is 2.41 bits per heavy atom. The Hall–Kier alpha value is -2.75. The van der Waals surface area contributed by atoms with Gasteiger partial charge in [0, 0.05) is 6.08 Å². The zero-order valence-electron chi connectivity index (χ0n) is 14.3. The van der Waals surface area contributed by atoms with E-state index in [2.05, 4.69) is 0 Å². The van der Waals surface area contributed by atoms with Crippen molar-refractivity contribution in [1.29, 1.82) is 0 Å². The van der Waals surface area contributed by atoms with Crippen molar-refractivity contribution in [3.63, 3.8) is 0 Å². The van der Waals surface area contributed by atoms with Crippen molar-refractivity contribution in [2.24, 2.45) is 0 Å². The first-order valence-electron chi connectivity index (χ1n) is 8.22. The molecule has 0 aromatic heterocycles. The van der Waals surface area contributed by atoms with Crippen molar-refractivity contribution in [1.82, 2.24) is 0 Å². The van der Waals surface area contributed by atoms with Crippen molar-refractivity contribution in [3.05, 3.63) is 100 Å². The minimum Gasteiger partial charge on any atom is -0.458 e. The standard InChI is InChI=1S/C22H16Cl2O3/c23-20-11-9-16(14-21(20)24)10-12-22(25)26-15-17-5-4-8-19(13-17)27-18-6-2-1-3-7-18/h1-14H,15H2. The van der Waals surface area contributed by atoms with E-state index < -0.39 is 5.97 Å². The lowest BCUT2D eigenvalue weighted by Crippen LogP contribution is -2.00. The second-order valence-electron chi connectivity index (χ2n) is 5.68. The van der Waals surface area contributed by atoms with Gasteiger partial charge in [-0.2, -0.15) is 0 Å². The smallest absolute Gasteiger partial charge is 0.331 e. The van der Waals surface area contributed by atoms with Crippen molar-refractivity contribution < 1.29 is 14.3 Å². The van der Waals surface area contributed by atoms with Crippen LogP contribution in [0.15, 0.2) is 78.9 Å². The number of ether oxygens (including phenoxy) is 2. The van der Waals surface area contributed by atoms with Gasteiger partial charge in [0.15, 0.2) is 0 Å². The van der Waals surface area contributed by atoms with Gasteiger partial charge in [-0.15, -0.1) is 0 Å². The number of carbonyl (C=O) groups is 1. The molecule has 0 heterocycles. The van der Waals surface area contributed by atoms with Crippen LogP contribution in [-0.2, 0) is 16.1 Å². The molecule has 3 aromatic rings. The van der Waals surface area contributed by atoms with Crippen LogP contribution in [0.2, 0.25) is 10.0 Å². The molecule has 0 fully saturated rings. The summed E-state index contributed by atoms with van der Waals surface area (Å²) in [6.07, 6.45) is 2.98. The Kier molecular flexibility index (Phi) is 6.53. The monoisotopic (exact) mass is 398 g/mol. The summed E-state index contributed by atoms with van der Waals surface area (Å²) in [6, 6.07) is 22.0. The maximum atomic E-state index is 11.9. The first-order chi connectivity index (χ1) is 13.1. The van der Waals surface area contributed by atoms with Gasteiger partial charge in [0.2, 0.25) is 0 Å². The van der Waals surface area contributed by atoms with Crippen LogP contribution in [-0.4, -0.2) is 5.97 Å². The molecular weight excluding hydrogens is 383 g/mol. The van der Waals surface area contributed by atoms with Crippen LogP contribution in [0.1, 0.15) is 11.1 Å². The molecule has 0 unspecified atom stereocenters. The van der Waals surface area contributed by atoms with E-state index in [1.54, 1.807) is 24.3 Å². The predicted molar refractivity (Wildman–Crippen MR) is 108 cm³/mol. The minimum atomic E-state index is -0.449. The van der Waals surface area contributed by atoms with Crippen molar-refractivity contribution in [3.8, 4) is 11.5 Å². The fourth-order valence-electron chi connectivity index (χ4n) is 2.31. The van der Waals surface area contributed by atoms with Crippen molar-refractivity contribution >= 4 is 35.2 Å². The van der Waals surface area contributed by atoms with Crippen LogP contribution in [0.4, 0.5) is 0 Å². The van der Waals surface area contributed by atoms with Crippen molar-refractivity contribution in [2.45, 2.75) is 6.61 Å². The van der Waals surface area contributed by atoms with Gasteiger partial charge in [-0.25, -0.2) is 4.79 Å². The summed E-state index contributed by atoms with van der Waals surface area (Å²) < 4.78 is 11.0. The molecule has 0 aliphatic carbocycles. The molecule has 3 rings (SSSR count). The lowest BCUT2D eigenvalue weighted by Gasteiger charge is -2.08. The molecule has 3 aromatic carbocycles. The average molecular weight is 399 g/mol. The molecule has 0 saturated carbocycles. The molecule has 0 spiro atoms. The summed E-state index contributed by atoms with van der Waals surface area (Å²) in [5.41, 5.74) is 1.60. The largest absolute Gasteiger partial charge is 0.458 e. The molecule has 136 valence electrons. The zero-order chi connectivity index (χ0) is 19.1. The van der Waals surface area contributed by atoms with Crippen LogP contribution in [0.25, 0.3) is 6.08 Å². The van der Waals surface area contributed by atoms with E-state index in [4.69, 9.17) is 32.7 Å². The molecule has 0 aliphatic rings. The number of hydrogen-bond donors (Lipinski definition) is 0. The van der Waals surface area contributed by atoms with Gasteiger partial charge in [-0.1, -0.05) is 59.6 Å². The second kappa shape index (κ2) is 9.26. The van der Waals surface area contributed by atoms with E-state index in [0.717, 1.165) is 16.9 Å². The molecule has 0 amide bonds. The van der Waals surface area contributed by atoms with Crippen LogP contribution >= 0.6 is 23.2 Å². The highest BCUT2D eigenvalue weighted by atomic mass is 35.5. The van der Waals surface area contributed by atoms with E-state index in [-0.39, 0.29) is 6.61 Å². The van der Waals surface area contributed by atoms with Crippen LogP contribution in [0.3, 0.4) is 0 Å². The number of hydrogen-bond acceptors (Lipinski definition) is 3. The number of esters is 1. The Bertz CT molecular complexity index is 953. The zero-order valence-corrected chi connectivity index (χ0v) is 15.8. The first-order valence-corrected chi connectivity index (χ1v) is 8.97. The highest BCUT2D eigenvalue weighted by molar-refractivity contribution is 6.42. The number of para-hydroxylation sites is 1. The number of rotatable bonds is 6. The number of benzene rings is 3. The van der Waals surface area contributed by atoms with Gasteiger partial charge in [-0.05, 0) is 53.6 Å². The molecule has 5 heteroatoms. The topological polar surface area (TPSA) is 35.5 Å². The summed E-state index contributed by atoms with van der Waals surface area (Å²) in [6.45, 7) is 0.149.